The lowest BCUT2D eigenvalue weighted by Gasteiger charge is -2.21. The van der Waals surface area contributed by atoms with Crippen molar-refractivity contribution in [1.29, 1.82) is 0 Å². The number of nitrogens with zero attached hydrogens (tertiary/aromatic N) is 1. The van der Waals surface area contributed by atoms with Crippen molar-refractivity contribution < 1.29 is 19.8 Å². The molecule has 0 bridgehead atoms. The SMILES string of the molecule is O=C(O)[C@H]1C[C@@H](O)CN1C(=O)Nc1ccccc1Br. The number of hydrogen-bond acceptors (Lipinski definition) is 3. The van der Waals surface area contributed by atoms with E-state index in [0.717, 1.165) is 4.90 Å². The molecule has 102 valence electrons. The van der Waals surface area contributed by atoms with Crippen LogP contribution in [0.15, 0.2) is 28.7 Å². The maximum atomic E-state index is 12.0. The zero-order chi connectivity index (χ0) is 14.0. The smallest absolute Gasteiger partial charge is 0.326 e. The molecule has 0 unspecified atom stereocenters. The molecule has 7 heteroatoms. The van der Waals surface area contributed by atoms with Crippen LogP contribution in [0.4, 0.5) is 10.5 Å². The van der Waals surface area contributed by atoms with Gasteiger partial charge in [0.1, 0.15) is 6.04 Å². The van der Waals surface area contributed by atoms with Gasteiger partial charge in [0.25, 0.3) is 0 Å². The second-order valence-electron chi connectivity index (χ2n) is 4.31. The third-order valence-corrected chi connectivity index (χ3v) is 3.63. The van der Waals surface area contributed by atoms with E-state index in [1.165, 1.54) is 0 Å². The fraction of sp³-hybridized carbons (Fsp3) is 0.333. The number of aliphatic carboxylic acids is 1. The normalized spacial score (nSPS) is 22.3. The lowest BCUT2D eigenvalue weighted by molar-refractivity contribution is -0.141. The molecule has 1 aromatic rings. The maximum Gasteiger partial charge on any atom is 0.326 e. The molecule has 1 aliphatic heterocycles. The highest BCUT2D eigenvalue weighted by Gasteiger charge is 2.39. The van der Waals surface area contributed by atoms with Gasteiger partial charge in [-0.05, 0) is 28.1 Å². The number of aliphatic hydroxyl groups excluding tert-OH is 1. The largest absolute Gasteiger partial charge is 0.480 e. The molecule has 19 heavy (non-hydrogen) atoms. The number of benzene rings is 1. The van der Waals surface area contributed by atoms with Crippen LogP contribution in [-0.4, -0.2) is 45.8 Å². The molecule has 1 aliphatic rings. The Labute approximate surface area is 118 Å². The fourth-order valence-corrected chi connectivity index (χ4v) is 2.41. The van der Waals surface area contributed by atoms with E-state index in [1.807, 2.05) is 0 Å². The van der Waals surface area contributed by atoms with Crippen LogP contribution in [0.3, 0.4) is 0 Å². The van der Waals surface area contributed by atoms with E-state index < -0.39 is 24.1 Å². The highest BCUT2D eigenvalue weighted by Crippen LogP contribution is 2.24. The number of carboxylic acid groups (broad SMARTS) is 1. The van der Waals surface area contributed by atoms with Crippen molar-refractivity contribution >= 4 is 33.6 Å². The summed E-state index contributed by atoms with van der Waals surface area (Å²) in [4.78, 5) is 24.2. The lowest BCUT2D eigenvalue weighted by Crippen LogP contribution is -2.43. The van der Waals surface area contributed by atoms with Gasteiger partial charge in [0.2, 0.25) is 0 Å². The second kappa shape index (κ2) is 5.58. The highest BCUT2D eigenvalue weighted by molar-refractivity contribution is 9.10. The predicted molar refractivity (Wildman–Crippen MR) is 71.9 cm³/mol. The van der Waals surface area contributed by atoms with Gasteiger partial charge in [0, 0.05) is 17.4 Å². The van der Waals surface area contributed by atoms with E-state index in [-0.39, 0.29) is 13.0 Å². The Morgan fingerprint density at radius 3 is 2.68 bits per heavy atom. The number of anilines is 1. The highest BCUT2D eigenvalue weighted by atomic mass is 79.9. The maximum absolute atomic E-state index is 12.0. The monoisotopic (exact) mass is 328 g/mol. The van der Waals surface area contributed by atoms with Gasteiger partial charge in [-0.1, -0.05) is 12.1 Å². The van der Waals surface area contributed by atoms with Crippen LogP contribution in [0.2, 0.25) is 0 Å². The molecule has 3 N–H and O–H groups in total. The molecule has 1 aromatic carbocycles. The van der Waals surface area contributed by atoms with Gasteiger partial charge < -0.3 is 20.4 Å². The average Bonchev–Trinajstić information content (AvgIpc) is 2.74. The topological polar surface area (TPSA) is 89.9 Å². The summed E-state index contributed by atoms with van der Waals surface area (Å²) in [6.45, 7) is 0.0211. The molecule has 2 amide bonds. The second-order valence-corrected chi connectivity index (χ2v) is 5.16. The third-order valence-electron chi connectivity index (χ3n) is 2.94. The van der Waals surface area contributed by atoms with E-state index in [4.69, 9.17) is 5.11 Å². The van der Waals surface area contributed by atoms with Gasteiger partial charge in [-0.3, -0.25) is 0 Å². The van der Waals surface area contributed by atoms with E-state index in [0.29, 0.717) is 10.2 Å². The van der Waals surface area contributed by atoms with Crippen LogP contribution < -0.4 is 5.32 Å². The number of hydrogen-bond donors (Lipinski definition) is 3. The summed E-state index contributed by atoms with van der Waals surface area (Å²) >= 11 is 3.29. The van der Waals surface area contributed by atoms with Crippen molar-refractivity contribution in [2.24, 2.45) is 0 Å². The number of β-amino-alcohol motifs (C(OH)–C–C–N with tert-alkyl or cyclic N) is 1. The number of rotatable bonds is 2. The van der Waals surface area contributed by atoms with E-state index >= 15 is 0 Å². The summed E-state index contributed by atoms with van der Waals surface area (Å²) in [5.74, 6) is -1.11. The van der Waals surface area contributed by atoms with E-state index in [2.05, 4.69) is 21.2 Å². The first-order valence-corrected chi connectivity index (χ1v) is 6.51. The number of carboxylic acids is 1. The Kier molecular flexibility index (Phi) is 4.06. The minimum Gasteiger partial charge on any atom is -0.480 e. The standard InChI is InChI=1S/C12H13BrN2O4/c13-8-3-1-2-4-9(8)14-12(19)15-6-7(16)5-10(15)11(17)18/h1-4,7,10,16H,5-6H2,(H,14,19)(H,17,18)/t7-,10-/m1/s1. The number of likely N-dealkylation sites (tertiary alicyclic amines) is 1. The molecular formula is C12H13BrN2O4. The Morgan fingerprint density at radius 1 is 1.37 bits per heavy atom. The Hall–Kier alpha value is -1.60. The minimum atomic E-state index is -1.11. The molecule has 1 fully saturated rings. The summed E-state index contributed by atoms with van der Waals surface area (Å²) in [7, 11) is 0. The van der Waals surface area contributed by atoms with E-state index in [9.17, 15) is 14.7 Å². The molecule has 2 atom stereocenters. The Morgan fingerprint density at radius 2 is 2.05 bits per heavy atom. The summed E-state index contributed by atoms with van der Waals surface area (Å²) < 4.78 is 0.704. The molecule has 1 saturated heterocycles. The first kappa shape index (κ1) is 13.8. The summed E-state index contributed by atoms with van der Waals surface area (Å²) in [5.41, 5.74) is 0.554. The van der Waals surface area contributed by atoms with Crippen LogP contribution >= 0.6 is 15.9 Å². The van der Waals surface area contributed by atoms with Crippen LogP contribution in [-0.2, 0) is 4.79 Å². The third kappa shape index (κ3) is 3.05. The van der Waals surface area contributed by atoms with Gasteiger partial charge in [0.15, 0.2) is 0 Å². The van der Waals surface area contributed by atoms with Crippen molar-refractivity contribution in [2.45, 2.75) is 18.6 Å². The first-order chi connectivity index (χ1) is 8.99. The van der Waals surface area contributed by atoms with Gasteiger partial charge >= 0.3 is 12.0 Å². The molecule has 0 saturated carbocycles. The number of urea groups is 1. The van der Waals surface area contributed by atoms with Gasteiger partial charge in [0.05, 0.1) is 11.8 Å². The number of amides is 2. The van der Waals surface area contributed by atoms with Crippen LogP contribution in [0.25, 0.3) is 0 Å². The van der Waals surface area contributed by atoms with Crippen LogP contribution in [0, 0.1) is 0 Å². The molecule has 6 nitrogen and oxygen atoms in total. The van der Waals surface area contributed by atoms with Crippen molar-refractivity contribution in [3.8, 4) is 0 Å². The van der Waals surface area contributed by atoms with Crippen LogP contribution in [0.1, 0.15) is 6.42 Å². The number of para-hydroxylation sites is 1. The predicted octanol–water partition coefficient (Wildman–Crippen LogP) is 1.50. The Balaban J connectivity index is 2.11. The van der Waals surface area contributed by atoms with Crippen molar-refractivity contribution in [3.63, 3.8) is 0 Å². The van der Waals surface area contributed by atoms with E-state index in [1.54, 1.807) is 24.3 Å². The fourth-order valence-electron chi connectivity index (χ4n) is 2.02. The van der Waals surface area contributed by atoms with Crippen molar-refractivity contribution in [1.82, 2.24) is 4.90 Å². The van der Waals surface area contributed by atoms with Crippen molar-refractivity contribution in [2.75, 3.05) is 11.9 Å². The zero-order valence-electron chi connectivity index (χ0n) is 9.91. The van der Waals surface area contributed by atoms with Gasteiger partial charge in [-0.2, -0.15) is 0 Å². The number of carbonyl (C=O) groups excluding carboxylic acids is 1. The molecule has 0 spiro atoms. The quantitative estimate of drug-likeness (QED) is 0.767. The molecule has 0 radical (unpaired) electrons. The number of carbonyl (C=O) groups is 2. The molecule has 2 rings (SSSR count). The van der Waals surface area contributed by atoms with Crippen molar-refractivity contribution in [3.05, 3.63) is 28.7 Å². The molecule has 0 aliphatic carbocycles. The zero-order valence-corrected chi connectivity index (χ0v) is 11.5. The molecular weight excluding hydrogens is 316 g/mol. The number of halogens is 1. The summed E-state index contributed by atoms with van der Waals surface area (Å²) in [6, 6.07) is 5.51. The first-order valence-electron chi connectivity index (χ1n) is 5.72. The number of aliphatic hydroxyl groups is 1. The molecule has 0 aromatic heterocycles. The molecule has 1 heterocycles. The number of nitrogens with one attached hydrogen (secondary N) is 1. The minimum absolute atomic E-state index is 0.0211. The Bertz CT molecular complexity index is 508. The van der Waals surface area contributed by atoms with Gasteiger partial charge in [-0.15, -0.1) is 0 Å². The lowest BCUT2D eigenvalue weighted by atomic mass is 10.2. The summed E-state index contributed by atoms with van der Waals surface area (Å²) in [5, 5.41) is 21.1. The van der Waals surface area contributed by atoms with Crippen LogP contribution in [0.5, 0.6) is 0 Å². The van der Waals surface area contributed by atoms with Gasteiger partial charge in [-0.25, -0.2) is 9.59 Å². The average molecular weight is 329 g/mol. The summed E-state index contributed by atoms with van der Waals surface area (Å²) in [6.07, 6.45) is -0.746.